The number of carboxylic acids is 1. The van der Waals surface area contributed by atoms with Crippen LogP contribution in [0.3, 0.4) is 0 Å². The number of aromatic carboxylic acids is 1. The van der Waals surface area contributed by atoms with Crippen molar-refractivity contribution in [1.82, 2.24) is 10.2 Å². The molecule has 1 aromatic carbocycles. The number of hydrogen-bond donors (Lipinski definition) is 2. The molecule has 0 radical (unpaired) electrons. The van der Waals surface area contributed by atoms with Crippen molar-refractivity contribution in [2.45, 2.75) is 0 Å². The molecule has 0 atom stereocenters. The van der Waals surface area contributed by atoms with E-state index in [9.17, 15) is 14.7 Å². The number of rotatable bonds is 2. The highest BCUT2D eigenvalue weighted by Gasteiger charge is 2.25. The van der Waals surface area contributed by atoms with Gasteiger partial charge >= 0.3 is 5.97 Å². The van der Waals surface area contributed by atoms with Crippen molar-refractivity contribution in [3.63, 3.8) is 0 Å². The average molecular weight is 273 g/mol. The quantitative estimate of drug-likeness (QED) is 0.847. The van der Waals surface area contributed by atoms with E-state index in [1.54, 1.807) is 11.0 Å². The standard InChI is InChI=1S/C13H11N3O4/c17-11-7-8(13(18)19)12(15-14-11)16-5-6-20-10-4-2-1-3-9(10)16/h1-4,7H,5-6H2,(H,14,17)(H,18,19). The van der Waals surface area contributed by atoms with E-state index in [1.165, 1.54) is 0 Å². The molecule has 0 saturated heterocycles. The lowest BCUT2D eigenvalue weighted by atomic mass is 10.2. The summed E-state index contributed by atoms with van der Waals surface area (Å²) in [6, 6.07) is 8.30. The van der Waals surface area contributed by atoms with Crippen molar-refractivity contribution < 1.29 is 14.6 Å². The molecular weight excluding hydrogens is 262 g/mol. The molecule has 0 unspecified atom stereocenters. The Morgan fingerprint density at radius 1 is 1.40 bits per heavy atom. The molecule has 102 valence electrons. The molecule has 7 nitrogen and oxygen atoms in total. The third-order valence-corrected chi connectivity index (χ3v) is 3.00. The number of para-hydroxylation sites is 2. The van der Waals surface area contributed by atoms with Gasteiger partial charge < -0.3 is 14.7 Å². The molecule has 1 aromatic heterocycles. The van der Waals surface area contributed by atoms with E-state index >= 15 is 0 Å². The van der Waals surface area contributed by atoms with Gasteiger partial charge in [-0.3, -0.25) is 4.79 Å². The molecule has 1 aliphatic heterocycles. The first-order chi connectivity index (χ1) is 9.66. The van der Waals surface area contributed by atoms with Crippen LogP contribution in [-0.2, 0) is 0 Å². The summed E-state index contributed by atoms with van der Waals surface area (Å²) >= 11 is 0. The molecule has 2 aromatic rings. The van der Waals surface area contributed by atoms with Crippen molar-refractivity contribution in [2.75, 3.05) is 18.1 Å². The number of nitrogens with zero attached hydrogens (tertiary/aromatic N) is 2. The Morgan fingerprint density at radius 2 is 2.20 bits per heavy atom. The first-order valence-electron chi connectivity index (χ1n) is 5.99. The highest BCUT2D eigenvalue weighted by atomic mass is 16.5. The lowest BCUT2D eigenvalue weighted by molar-refractivity contribution is 0.0696. The molecular formula is C13H11N3O4. The summed E-state index contributed by atoms with van der Waals surface area (Å²) in [5.74, 6) is -0.335. The number of carbonyl (C=O) groups is 1. The van der Waals surface area contributed by atoms with Gasteiger partial charge in [0.2, 0.25) is 0 Å². The monoisotopic (exact) mass is 273 g/mol. The van der Waals surface area contributed by atoms with Crippen LogP contribution in [0.5, 0.6) is 5.75 Å². The van der Waals surface area contributed by atoms with Crippen LogP contribution >= 0.6 is 0 Å². The van der Waals surface area contributed by atoms with Gasteiger partial charge in [-0.2, -0.15) is 5.10 Å². The van der Waals surface area contributed by atoms with Crippen molar-refractivity contribution in [2.24, 2.45) is 0 Å². The number of H-pyrrole nitrogens is 1. The van der Waals surface area contributed by atoms with Gasteiger partial charge in [-0.15, -0.1) is 0 Å². The van der Waals surface area contributed by atoms with Gasteiger partial charge in [-0.1, -0.05) is 12.1 Å². The number of nitrogens with one attached hydrogen (secondary N) is 1. The normalized spacial score (nSPS) is 13.5. The van der Waals surface area contributed by atoms with E-state index in [4.69, 9.17) is 4.74 Å². The Morgan fingerprint density at radius 3 is 3.00 bits per heavy atom. The lowest BCUT2D eigenvalue weighted by Gasteiger charge is -2.30. The van der Waals surface area contributed by atoms with Crippen LogP contribution in [-0.4, -0.2) is 34.4 Å². The molecule has 0 bridgehead atoms. The van der Waals surface area contributed by atoms with Crippen molar-refractivity contribution >= 4 is 17.5 Å². The van der Waals surface area contributed by atoms with E-state index in [0.717, 1.165) is 11.8 Å². The zero-order chi connectivity index (χ0) is 14.1. The predicted octanol–water partition coefficient (Wildman–Crippen LogP) is 0.999. The van der Waals surface area contributed by atoms with E-state index in [2.05, 4.69) is 10.2 Å². The Hall–Kier alpha value is -2.83. The van der Waals surface area contributed by atoms with Gasteiger partial charge in [-0.25, -0.2) is 9.89 Å². The molecule has 2 N–H and O–H groups in total. The Labute approximate surface area is 113 Å². The van der Waals surface area contributed by atoms with Crippen molar-refractivity contribution in [3.8, 4) is 5.75 Å². The molecule has 0 spiro atoms. The zero-order valence-electron chi connectivity index (χ0n) is 10.4. The van der Waals surface area contributed by atoms with E-state index in [1.807, 2.05) is 18.2 Å². The predicted molar refractivity (Wildman–Crippen MR) is 70.8 cm³/mol. The summed E-state index contributed by atoms with van der Waals surface area (Å²) in [7, 11) is 0. The van der Waals surface area contributed by atoms with Gasteiger partial charge in [-0.05, 0) is 12.1 Å². The summed E-state index contributed by atoms with van der Waals surface area (Å²) in [5.41, 5.74) is 0.0407. The van der Waals surface area contributed by atoms with Crippen molar-refractivity contribution in [1.29, 1.82) is 0 Å². The first-order valence-corrected chi connectivity index (χ1v) is 5.99. The van der Waals surface area contributed by atoms with Crippen LogP contribution in [0.25, 0.3) is 0 Å². The van der Waals surface area contributed by atoms with Crippen LogP contribution in [0.15, 0.2) is 35.1 Å². The minimum absolute atomic E-state index is 0.134. The summed E-state index contributed by atoms with van der Waals surface area (Å²) in [6.07, 6.45) is 0. The topological polar surface area (TPSA) is 95.5 Å². The minimum Gasteiger partial charge on any atom is -0.490 e. The molecule has 2 heterocycles. The number of hydrogen-bond acceptors (Lipinski definition) is 5. The maximum absolute atomic E-state index is 11.3. The Bertz CT molecular complexity index is 726. The molecule has 0 saturated carbocycles. The third kappa shape index (κ3) is 1.99. The highest BCUT2D eigenvalue weighted by molar-refractivity contribution is 5.94. The van der Waals surface area contributed by atoms with Crippen LogP contribution in [0.2, 0.25) is 0 Å². The summed E-state index contributed by atoms with van der Waals surface area (Å²) in [4.78, 5) is 24.2. The Balaban J connectivity index is 2.16. The number of carboxylic acid groups (broad SMARTS) is 1. The number of benzene rings is 1. The average Bonchev–Trinajstić information content (AvgIpc) is 2.46. The highest BCUT2D eigenvalue weighted by Crippen LogP contribution is 2.36. The smallest absolute Gasteiger partial charge is 0.339 e. The fraction of sp³-hybridized carbons (Fsp3) is 0.154. The molecule has 20 heavy (non-hydrogen) atoms. The minimum atomic E-state index is -1.19. The molecule has 0 aliphatic carbocycles. The third-order valence-electron chi connectivity index (χ3n) is 3.00. The summed E-state index contributed by atoms with van der Waals surface area (Å²) in [6.45, 7) is 0.868. The number of ether oxygens (including phenoxy) is 1. The second-order valence-corrected chi connectivity index (χ2v) is 4.24. The van der Waals surface area contributed by atoms with Crippen LogP contribution in [0.4, 0.5) is 11.5 Å². The molecule has 0 amide bonds. The van der Waals surface area contributed by atoms with Gasteiger partial charge in [0, 0.05) is 6.07 Å². The Kier molecular flexibility index (Phi) is 2.86. The lowest BCUT2D eigenvalue weighted by Crippen LogP contribution is -2.31. The van der Waals surface area contributed by atoms with E-state index in [0.29, 0.717) is 18.9 Å². The van der Waals surface area contributed by atoms with Gasteiger partial charge in [0.15, 0.2) is 5.82 Å². The number of anilines is 2. The largest absolute Gasteiger partial charge is 0.490 e. The van der Waals surface area contributed by atoms with Gasteiger partial charge in [0.25, 0.3) is 5.56 Å². The van der Waals surface area contributed by atoms with Gasteiger partial charge in [0.05, 0.1) is 12.2 Å². The van der Waals surface area contributed by atoms with Crippen LogP contribution < -0.4 is 15.2 Å². The second kappa shape index (κ2) is 4.69. The molecule has 7 heteroatoms. The SMILES string of the molecule is O=C(O)c1cc(=O)[nH]nc1N1CCOc2ccccc21. The van der Waals surface area contributed by atoms with Crippen LogP contribution in [0.1, 0.15) is 10.4 Å². The maximum atomic E-state index is 11.3. The molecule has 0 fully saturated rings. The number of aromatic amines is 1. The number of fused-ring (bicyclic) bond motifs is 1. The molecule has 3 rings (SSSR count). The zero-order valence-corrected chi connectivity index (χ0v) is 10.4. The fourth-order valence-electron chi connectivity index (χ4n) is 2.15. The van der Waals surface area contributed by atoms with Gasteiger partial charge in [0.1, 0.15) is 17.9 Å². The number of aromatic nitrogens is 2. The summed E-state index contributed by atoms with van der Waals surface area (Å²) in [5, 5.41) is 15.4. The first kappa shape index (κ1) is 12.2. The molecule has 1 aliphatic rings. The summed E-state index contributed by atoms with van der Waals surface area (Å²) < 4.78 is 5.51. The van der Waals surface area contributed by atoms with Crippen molar-refractivity contribution in [3.05, 3.63) is 46.2 Å². The van der Waals surface area contributed by atoms with E-state index < -0.39 is 11.5 Å². The maximum Gasteiger partial charge on any atom is 0.339 e. The van der Waals surface area contributed by atoms with E-state index in [-0.39, 0.29) is 11.4 Å². The fourth-order valence-corrected chi connectivity index (χ4v) is 2.15. The second-order valence-electron chi connectivity index (χ2n) is 4.24. The van der Waals surface area contributed by atoms with Crippen LogP contribution in [0, 0.1) is 0 Å².